The molecule has 5 atom stereocenters. The number of rotatable bonds is 8. The van der Waals surface area contributed by atoms with E-state index < -0.39 is 63.8 Å². The van der Waals surface area contributed by atoms with Crippen molar-refractivity contribution in [1.82, 2.24) is 9.55 Å². The third kappa shape index (κ3) is 6.64. The van der Waals surface area contributed by atoms with E-state index in [-0.39, 0.29) is 5.82 Å². The highest BCUT2D eigenvalue weighted by Gasteiger charge is 2.45. The van der Waals surface area contributed by atoms with Crippen LogP contribution in [0, 0.1) is 0 Å². The molecule has 2 aromatic rings. The van der Waals surface area contributed by atoms with E-state index in [4.69, 9.17) is 14.5 Å². The van der Waals surface area contributed by atoms with E-state index in [0.717, 1.165) is 10.8 Å². The molecule has 6 N–H and O–H groups in total. The van der Waals surface area contributed by atoms with Gasteiger partial charge in [0, 0.05) is 11.8 Å². The van der Waals surface area contributed by atoms with Crippen LogP contribution in [0.1, 0.15) is 16.6 Å². The second-order valence-corrected chi connectivity index (χ2v) is 11.1. The van der Waals surface area contributed by atoms with Crippen LogP contribution in [0.4, 0.5) is 5.82 Å². The lowest BCUT2D eigenvalue weighted by atomic mass is 10.1. The second kappa shape index (κ2) is 9.94. The predicted molar refractivity (Wildman–Crippen MR) is 112 cm³/mol. The third-order valence-corrected chi connectivity index (χ3v) is 7.98. The molecule has 3 rings (SSSR count). The van der Waals surface area contributed by atoms with Crippen molar-refractivity contribution in [3.05, 3.63) is 58.6 Å². The van der Waals surface area contributed by atoms with E-state index in [1.807, 2.05) is 0 Å². The molecule has 0 bridgehead atoms. The Hall–Kier alpha value is -2.25. The number of benzene rings is 1. The summed E-state index contributed by atoms with van der Waals surface area (Å²) in [5.41, 5.74) is -0.600. The Bertz CT molecular complexity index is 1150. The summed E-state index contributed by atoms with van der Waals surface area (Å²) in [6.07, 6.45) is -5.01. The highest BCUT2D eigenvalue weighted by molar-refractivity contribution is 7.70. The summed E-state index contributed by atoms with van der Waals surface area (Å²) in [6, 6.07) is 9.43. The molecule has 1 amide bonds. The Morgan fingerprint density at radius 2 is 1.79 bits per heavy atom. The van der Waals surface area contributed by atoms with Gasteiger partial charge in [-0.05, 0) is 18.2 Å². The summed E-state index contributed by atoms with van der Waals surface area (Å²) in [4.78, 5) is 55.4. The quantitative estimate of drug-likeness (QED) is 0.249. The molecule has 1 aliphatic rings. The minimum Gasteiger partial charge on any atom is -0.387 e. The van der Waals surface area contributed by atoms with Crippen LogP contribution in [0.15, 0.2) is 47.4 Å². The van der Waals surface area contributed by atoms with E-state index in [1.165, 1.54) is 6.07 Å². The largest absolute Gasteiger partial charge is 0.387 e. The molecule has 0 spiro atoms. The zero-order chi connectivity index (χ0) is 24.4. The van der Waals surface area contributed by atoms with Crippen LogP contribution in [0.25, 0.3) is 0 Å². The fourth-order valence-corrected chi connectivity index (χ4v) is 5.58. The van der Waals surface area contributed by atoms with Gasteiger partial charge >= 0.3 is 20.9 Å². The number of carbonyl (C=O) groups is 1. The number of aliphatic hydroxyl groups excluding tert-OH is 2. The SMILES string of the molecule is O=C(Nc1ccn([C@@H]2O[C@H](COP(=O)(O)CP(=O)(O)O)[C@H](O)C2O)c(=O)n1)c1ccccc1. The van der Waals surface area contributed by atoms with Gasteiger partial charge in [-0.25, -0.2) is 4.79 Å². The van der Waals surface area contributed by atoms with Gasteiger partial charge in [0.15, 0.2) is 12.1 Å². The first-order valence-electron chi connectivity index (χ1n) is 9.34. The minimum absolute atomic E-state index is 0.0725. The molecular formula is C17H21N3O11P2. The number of nitrogens with one attached hydrogen (secondary N) is 1. The number of nitrogens with zero attached hydrogens (tertiary/aromatic N) is 2. The smallest absolute Gasteiger partial charge is 0.351 e. The van der Waals surface area contributed by atoms with Gasteiger partial charge in [0.1, 0.15) is 24.1 Å². The first-order chi connectivity index (χ1) is 15.4. The highest BCUT2D eigenvalue weighted by atomic mass is 31.2. The normalized spacial score (nSPS) is 24.9. The molecule has 14 nitrogen and oxygen atoms in total. The summed E-state index contributed by atoms with van der Waals surface area (Å²) in [7, 11) is -9.57. The molecule has 1 aromatic heterocycles. The van der Waals surface area contributed by atoms with E-state index in [9.17, 15) is 33.8 Å². The molecule has 180 valence electrons. The van der Waals surface area contributed by atoms with Crippen LogP contribution in [0.5, 0.6) is 0 Å². The molecule has 0 saturated carbocycles. The Kier molecular flexibility index (Phi) is 7.64. The van der Waals surface area contributed by atoms with Gasteiger partial charge < -0.3 is 39.5 Å². The van der Waals surface area contributed by atoms with Gasteiger partial charge in [-0.15, -0.1) is 0 Å². The minimum atomic E-state index is -4.85. The fourth-order valence-electron chi connectivity index (χ4n) is 3.01. The van der Waals surface area contributed by atoms with Crippen molar-refractivity contribution in [1.29, 1.82) is 0 Å². The van der Waals surface area contributed by atoms with Crippen LogP contribution in [-0.4, -0.2) is 71.2 Å². The maximum Gasteiger partial charge on any atom is 0.351 e. The molecule has 16 heteroatoms. The monoisotopic (exact) mass is 505 g/mol. The number of aliphatic hydroxyl groups is 2. The molecular weight excluding hydrogens is 484 g/mol. The zero-order valence-corrected chi connectivity index (χ0v) is 18.5. The number of anilines is 1. The molecule has 1 saturated heterocycles. The Morgan fingerprint density at radius 1 is 1.12 bits per heavy atom. The molecule has 1 aliphatic heterocycles. The Morgan fingerprint density at radius 3 is 2.39 bits per heavy atom. The zero-order valence-electron chi connectivity index (χ0n) is 16.7. The molecule has 0 aliphatic carbocycles. The van der Waals surface area contributed by atoms with Gasteiger partial charge in [0.2, 0.25) is 0 Å². The molecule has 1 aromatic carbocycles. The van der Waals surface area contributed by atoms with Crippen molar-refractivity contribution in [3.63, 3.8) is 0 Å². The van der Waals surface area contributed by atoms with Crippen molar-refractivity contribution in [2.24, 2.45) is 0 Å². The number of amides is 1. The van der Waals surface area contributed by atoms with Crippen LogP contribution in [-0.2, 0) is 18.4 Å². The van der Waals surface area contributed by atoms with Gasteiger partial charge in [-0.1, -0.05) is 18.2 Å². The van der Waals surface area contributed by atoms with Crippen molar-refractivity contribution in [2.45, 2.75) is 24.5 Å². The first kappa shape index (κ1) is 25.4. The summed E-state index contributed by atoms with van der Waals surface area (Å²) in [6.45, 7) is -0.796. The van der Waals surface area contributed by atoms with Crippen molar-refractivity contribution < 1.29 is 48.1 Å². The van der Waals surface area contributed by atoms with Crippen molar-refractivity contribution in [3.8, 4) is 0 Å². The standard InChI is InChI=1S/C17H21N3O11P2/c21-13-11(8-30-33(28,29)9-32(25,26)27)31-16(14(13)22)20-7-6-12(19-17(20)24)18-15(23)10-4-2-1-3-5-10/h1-7,11,13-14,16,21-22H,8-9H2,(H,28,29)(H2,25,26,27)(H,18,19,23,24)/t11-,13+,14?,16-/m1/s1. The van der Waals surface area contributed by atoms with Gasteiger partial charge in [-0.2, -0.15) is 4.98 Å². The maximum absolute atomic E-state index is 12.4. The van der Waals surface area contributed by atoms with E-state index in [2.05, 4.69) is 14.8 Å². The van der Waals surface area contributed by atoms with Crippen LogP contribution in [0.3, 0.4) is 0 Å². The van der Waals surface area contributed by atoms with Crippen LogP contribution in [0.2, 0.25) is 0 Å². The van der Waals surface area contributed by atoms with E-state index in [0.29, 0.717) is 5.56 Å². The number of hydrogen-bond acceptors (Lipinski definition) is 9. The maximum atomic E-state index is 12.4. The molecule has 2 heterocycles. The lowest BCUT2D eigenvalue weighted by Crippen LogP contribution is -2.36. The number of aromatic nitrogens is 2. The Labute approximate surface area is 186 Å². The summed E-state index contributed by atoms with van der Waals surface area (Å²) in [5, 5.41) is 22.8. The van der Waals surface area contributed by atoms with Gasteiger partial charge in [0.25, 0.3) is 5.91 Å². The average Bonchev–Trinajstić information content (AvgIpc) is 3.00. The topological polar surface area (TPSA) is 218 Å². The highest BCUT2D eigenvalue weighted by Crippen LogP contribution is 2.55. The predicted octanol–water partition coefficient (Wildman–Crippen LogP) is -0.548. The molecule has 2 unspecified atom stereocenters. The van der Waals surface area contributed by atoms with Crippen LogP contribution >= 0.6 is 15.2 Å². The number of ether oxygens (including phenoxy) is 1. The average molecular weight is 505 g/mol. The molecule has 1 fully saturated rings. The summed E-state index contributed by atoms with van der Waals surface area (Å²) < 4.78 is 33.4. The van der Waals surface area contributed by atoms with E-state index >= 15 is 0 Å². The summed E-state index contributed by atoms with van der Waals surface area (Å²) >= 11 is 0. The van der Waals surface area contributed by atoms with Crippen molar-refractivity contribution in [2.75, 3.05) is 17.8 Å². The molecule has 0 radical (unpaired) electrons. The number of carbonyl (C=O) groups excluding carboxylic acids is 1. The van der Waals surface area contributed by atoms with Crippen molar-refractivity contribution >= 4 is 26.9 Å². The second-order valence-electron chi connectivity index (χ2n) is 7.11. The lowest BCUT2D eigenvalue weighted by Gasteiger charge is -2.18. The van der Waals surface area contributed by atoms with Crippen LogP contribution < -0.4 is 11.0 Å². The van der Waals surface area contributed by atoms with E-state index in [1.54, 1.807) is 30.3 Å². The Balaban J connectivity index is 1.68. The molecule has 33 heavy (non-hydrogen) atoms. The van der Waals surface area contributed by atoms with Gasteiger partial charge in [-0.3, -0.25) is 18.5 Å². The third-order valence-electron chi connectivity index (χ3n) is 4.52. The van der Waals surface area contributed by atoms with Gasteiger partial charge in [0.05, 0.1) is 6.61 Å². The fraction of sp³-hybridized carbons (Fsp3) is 0.353. The summed E-state index contributed by atoms with van der Waals surface area (Å²) in [5.74, 6) is -2.01. The number of hydrogen-bond donors (Lipinski definition) is 6. The first-order valence-corrected chi connectivity index (χ1v) is 12.9. The lowest BCUT2D eigenvalue weighted by molar-refractivity contribution is -0.0523.